The van der Waals surface area contributed by atoms with Gasteiger partial charge in [0.1, 0.15) is 5.75 Å². The maximum atomic E-state index is 11.7. The Bertz CT molecular complexity index is 362. The van der Waals surface area contributed by atoms with Gasteiger partial charge < -0.3 is 15.2 Å². The standard InChI is InChI=1S/C15H23NO3/c1-19-14-8-6-13(7-9-14)12-15(18)16-10-4-2-3-5-11-17/h6-9,17H,2-5,10-12H2,1H3,(H,16,18). The fourth-order valence-corrected chi connectivity index (χ4v) is 1.81. The van der Waals surface area contributed by atoms with Crippen LogP contribution in [0.2, 0.25) is 0 Å². The van der Waals surface area contributed by atoms with E-state index in [1.165, 1.54) is 0 Å². The Hall–Kier alpha value is -1.55. The zero-order chi connectivity index (χ0) is 13.9. The zero-order valence-electron chi connectivity index (χ0n) is 11.5. The third-order valence-corrected chi connectivity index (χ3v) is 2.93. The van der Waals surface area contributed by atoms with Crippen LogP contribution in [0.25, 0.3) is 0 Å². The van der Waals surface area contributed by atoms with Crippen LogP contribution in [0.3, 0.4) is 0 Å². The summed E-state index contributed by atoms with van der Waals surface area (Å²) in [6, 6.07) is 7.52. The molecule has 0 fully saturated rings. The Labute approximate surface area is 114 Å². The predicted octanol–water partition coefficient (Wildman–Crippen LogP) is 1.91. The van der Waals surface area contributed by atoms with Crippen LogP contribution >= 0.6 is 0 Å². The van der Waals surface area contributed by atoms with E-state index >= 15 is 0 Å². The van der Waals surface area contributed by atoms with E-state index in [1.54, 1.807) is 7.11 Å². The molecule has 0 saturated carbocycles. The van der Waals surface area contributed by atoms with Crippen molar-refractivity contribution >= 4 is 5.91 Å². The summed E-state index contributed by atoms with van der Waals surface area (Å²) in [5.41, 5.74) is 0.985. The van der Waals surface area contributed by atoms with E-state index in [0.29, 0.717) is 13.0 Å². The van der Waals surface area contributed by atoms with Crippen molar-refractivity contribution < 1.29 is 14.6 Å². The molecular weight excluding hydrogens is 242 g/mol. The SMILES string of the molecule is COc1ccc(CC(=O)NCCCCCCO)cc1. The van der Waals surface area contributed by atoms with E-state index in [1.807, 2.05) is 24.3 Å². The molecule has 0 aromatic heterocycles. The molecule has 2 N–H and O–H groups in total. The number of nitrogens with one attached hydrogen (secondary N) is 1. The van der Waals surface area contributed by atoms with Crippen LogP contribution in [0.1, 0.15) is 31.2 Å². The summed E-state index contributed by atoms with van der Waals surface area (Å²) in [5.74, 6) is 0.848. The number of rotatable bonds is 9. The highest BCUT2D eigenvalue weighted by atomic mass is 16.5. The first-order valence-electron chi connectivity index (χ1n) is 6.76. The number of ether oxygens (including phenoxy) is 1. The highest BCUT2D eigenvalue weighted by molar-refractivity contribution is 5.78. The van der Waals surface area contributed by atoms with Gasteiger partial charge in [-0.3, -0.25) is 4.79 Å². The minimum Gasteiger partial charge on any atom is -0.497 e. The van der Waals surface area contributed by atoms with Gasteiger partial charge in [-0.1, -0.05) is 25.0 Å². The number of methoxy groups -OCH3 is 1. The fraction of sp³-hybridized carbons (Fsp3) is 0.533. The van der Waals surface area contributed by atoms with Crippen molar-refractivity contribution in [3.63, 3.8) is 0 Å². The van der Waals surface area contributed by atoms with Crippen LogP contribution in [0.5, 0.6) is 5.75 Å². The molecule has 106 valence electrons. The molecule has 0 aliphatic rings. The van der Waals surface area contributed by atoms with Crippen molar-refractivity contribution in [2.75, 3.05) is 20.3 Å². The van der Waals surface area contributed by atoms with Crippen LogP contribution < -0.4 is 10.1 Å². The number of carbonyl (C=O) groups is 1. The van der Waals surface area contributed by atoms with Crippen molar-refractivity contribution in [3.05, 3.63) is 29.8 Å². The molecule has 0 unspecified atom stereocenters. The van der Waals surface area contributed by atoms with Crippen LogP contribution in [0.4, 0.5) is 0 Å². The van der Waals surface area contributed by atoms with E-state index in [2.05, 4.69) is 5.32 Å². The topological polar surface area (TPSA) is 58.6 Å². The molecule has 1 aromatic carbocycles. The van der Waals surface area contributed by atoms with E-state index in [9.17, 15) is 4.79 Å². The number of amides is 1. The van der Waals surface area contributed by atoms with Gasteiger partial charge in [0.05, 0.1) is 13.5 Å². The van der Waals surface area contributed by atoms with E-state index in [0.717, 1.165) is 37.0 Å². The molecule has 0 heterocycles. The highest BCUT2D eigenvalue weighted by Crippen LogP contribution is 2.11. The molecule has 1 amide bonds. The Kier molecular flexibility index (Phi) is 7.66. The Morgan fingerprint density at radius 3 is 2.47 bits per heavy atom. The molecule has 0 radical (unpaired) electrons. The zero-order valence-corrected chi connectivity index (χ0v) is 11.5. The molecular formula is C15H23NO3. The molecule has 0 spiro atoms. The van der Waals surface area contributed by atoms with Crippen molar-refractivity contribution in [2.24, 2.45) is 0 Å². The molecule has 4 heteroatoms. The lowest BCUT2D eigenvalue weighted by atomic mass is 10.1. The van der Waals surface area contributed by atoms with Gasteiger partial charge in [0.25, 0.3) is 0 Å². The normalized spacial score (nSPS) is 10.2. The van der Waals surface area contributed by atoms with Crippen molar-refractivity contribution in [1.82, 2.24) is 5.32 Å². The summed E-state index contributed by atoms with van der Waals surface area (Å²) in [6.07, 6.45) is 4.28. The summed E-state index contributed by atoms with van der Waals surface area (Å²) in [7, 11) is 1.62. The molecule has 0 atom stereocenters. The Morgan fingerprint density at radius 2 is 1.84 bits per heavy atom. The summed E-state index contributed by atoms with van der Waals surface area (Å²) >= 11 is 0. The maximum Gasteiger partial charge on any atom is 0.224 e. The first kappa shape index (κ1) is 15.5. The van der Waals surface area contributed by atoms with Gasteiger partial charge in [0.15, 0.2) is 0 Å². The van der Waals surface area contributed by atoms with E-state index < -0.39 is 0 Å². The molecule has 4 nitrogen and oxygen atoms in total. The molecule has 1 aromatic rings. The summed E-state index contributed by atoms with van der Waals surface area (Å²) in [5, 5.41) is 11.5. The van der Waals surface area contributed by atoms with Gasteiger partial charge in [0, 0.05) is 13.2 Å². The second-order valence-electron chi connectivity index (χ2n) is 4.51. The summed E-state index contributed by atoms with van der Waals surface area (Å²) < 4.78 is 5.07. The lowest BCUT2D eigenvalue weighted by Gasteiger charge is -2.06. The number of aliphatic hydroxyl groups excluding tert-OH is 1. The average molecular weight is 265 g/mol. The van der Waals surface area contributed by atoms with Gasteiger partial charge in [-0.25, -0.2) is 0 Å². The van der Waals surface area contributed by atoms with Gasteiger partial charge in [-0.2, -0.15) is 0 Å². The maximum absolute atomic E-state index is 11.7. The predicted molar refractivity (Wildman–Crippen MR) is 75.3 cm³/mol. The monoisotopic (exact) mass is 265 g/mol. The van der Waals surface area contributed by atoms with E-state index in [4.69, 9.17) is 9.84 Å². The molecule has 0 saturated heterocycles. The van der Waals surface area contributed by atoms with Crippen LogP contribution in [-0.4, -0.2) is 31.3 Å². The number of hydrogen-bond acceptors (Lipinski definition) is 3. The first-order valence-corrected chi connectivity index (χ1v) is 6.76. The van der Waals surface area contributed by atoms with Crippen LogP contribution in [0.15, 0.2) is 24.3 Å². The summed E-state index contributed by atoms with van der Waals surface area (Å²) in [4.78, 5) is 11.7. The molecule has 0 aliphatic heterocycles. The number of hydrogen-bond donors (Lipinski definition) is 2. The van der Waals surface area contributed by atoms with Gasteiger partial charge in [-0.05, 0) is 30.5 Å². The molecule has 0 aliphatic carbocycles. The fourth-order valence-electron chi connectivity index (χ4n) is 1.81. The quantitative estimate of drug-likeness (QED) is 0.671. The molecule has 19 heavy (non-hydrogen) atoms. The Morgan fingerprint density at radius 1 is 1.16 bits per heavy atom. The average Bonchev–Trinajstić information content (AvgIpc) is 2.43. The van der Waals surface area contributed by atoms with Crippen molar-refractivity contribution in [3.8, 4) is 5.75 Å². The third kappa shape index (κ3) is 6.82. The number of carbonyl (C=O) groups excluding carboxylic acids is 1. The van der Waals surface area contributed by atoms with Crippen molar-refractivity contribution in [2.45, 2.75) is 32.1 Å². The minimum absolute atomic E-state index is 0.0484. The van der Waals surface area contributed by atoms with Crippen LogP contribution in [0, 0.1) is 0 Å². The van der Waals surface area contributed by atoms with Gasteiger partial charge in [-0.15, -0.1) is 0 Å². The van der Waals surface area contributed by atoms with Crippen LogP contribution in [-0.2, 0) is 11.2 Å². The second kappa shape index (κ2) is 9.39. The van der Waals surface area contributed by atoms with E-state index in [-0.39, 0.29) is 12.5 Å². The van der Waals surface area contributed by atoms with Crippen molar-refractivity contribution in [1.29, 1.82) is 0 Å². The smallest absolute Gasteiger partial charge is 0.224 e. The lowest BCUT2D eigenvalue weighted by Crippen LogP contribution is -2.26. The largest absolute Gasteiger partial charge is 0.497 e. The number of benzene rings is 1. The number of unbranched alkanes of at least 4 members (excludes halogenated alkanes) is 3. The lowest BCUT2D eigenvalue weighted by molar-refractivity contribution is -0.120. The number of aliphatic hydroxyl groups is 1. The third-order valence-electron chi connectivity index (χ3n) is 2.93. The Balaban J connectivity index is 2.16. The second-order valence-corrected chi connectivity index (χ2v) is 4.51. The van der Waals surface area contributed by atoms with Gasteiger partial charge in [0.2, 0.25) is 5.91 Å². The highest BCUT2D eigenvalue weighted by Gasteiger charge is 2.02. The first-order chi connectivity index (χ1) is 9.26. The summed E-state index contributed by atoms with van der Waals surface area (Å²) in [6.45, 7) is 0.963. The molecule has 0 bridgehead atoms. The van der Waals surface area contributed by atoms with Gasteiger partial charge >= 0.3 is 0 Å². The minimum atomic E-state index is 0.0484. The molecule has 1 rings (SSSR count).